The average molecular weight is 319 g/mol. The highest BCUT2D eigenvalue weighted by Crippen LogP contribution is 2.20. The molecule has 0 bridgehead atoms. The first-order valence-electron chi connectivity index (χ1n) is 6.85. The minimum atomic E-state index is -3.46. The van der Waals surface area contributed by atoms with Crippen LogP contribution in [0.1, 0.15) is 32.8 Å². The van der Waals surface area contributed by atoms with Crippen molar-refractivity contribution in [2.75, 3.05) is 13.1 Å². The fourth-order valence-electron chi connectivity index (χ4n) is 1.61. The molecule has 114 valence electrons. The van der Waals surface area contributed by atoms with Gasteiger partial charge in [-0.25, -0.2) is 13.1 Å². The number of hydrogen-bond acceptors (Lipinski definition) is 3. The van der Waals surface area contributed by atoms with Crippen molar-refractivity contribution >= 4 is 21.6 Å². The molecule has 0 atom stereocenters. The quantitative estimate of drug-likeness (QED) is 0.725. The zero-order chi connectivity index (χ0) is 15.2. The lowest BCUT2D eigenvalue weighted by Crippen LogP contribution is -2.27. The lowest BCUT2D eigenvalue weighted by Gasteiger charge is -2.11. The first-order chi connectivity index (χ1) is 9.36. The standard InChI is InChI=1S/C14H23ClN2O2S/c1-4-7-16-10-12-8-13(5-6-14(12)15)20(18,19)17-9-11(2)3/h5-6,8,11,16-17H,4,7,9-10H2,1-3H3. The van der Waals surface area contributed by atoms with E-state index in [1.165, 1.54) is 6.07 Å². The molecule has 0 saturated carbocycles. The monoisotopic (exact) mass is 318 g/mol. The summed E-state index contributed by atoms with van der Waals surface area (Å²) in [6, 6.07) is 4.80. The van der Waals surface area contributed by atoms with Gasteiger partial charge in [-0.15, -0.1) is 0 Å². The predicted octanol–water partition coefficient (Wildman–Crippen LogP) is 2.77. The molecule has 1 aromatic carbocycles. The molecule has 0 aromatic heterocycles. The molecular formula is C14H23ClN2O2S. The van der Waals surface area contributed by atoms with Gasteiger partial charge >= 0.3 is 0 Å². The van der Waals surface area contributed by atoms with Crippen molar-refractivity contribution in [3.63, 3.8) is 0 Å². The van der Waals surface area contributed by atoms with E-state index in [-0.39, 0.29) is 10.8 Å². The second kappa shape index (κ2) is 7.98. The maximum Gasteiger partial charge on any atom is 0.240 e. The van der Waals surface area contributed by atoms with E-state index in [4.69, 9.17) is 11.6 Å². The van der Waals surface area contributed by atoms with E-state index in [1.54, 1.807) is 12.1 Å². The van der Waals surface area contributed by atoms with Crippen LogP contribution in [-0.4, -0.2) is 21.5 Å². The number of nitrogens with one attached hydrogen (secondary N) is 2. The third-order valence-electron chi connectivity index (χ3n) is 2.75. The van der Waals surface area contributed by atoms with Crippen molar-refractivity contribution in [2.24, 2.45) is 5.92 Å². The summed E-state index contributed by atoms with van der Waals surface area (Å²) in [4.78, 5) is 0.260. The molecule has 0 fully saturated rings. The molecule has 0 heterocycles. The summed E-state index contributed by atoms with van der Waals surface area (Å²) < 4.78 is 26.9. The Morgan fingerprint density at radius 1 is 1.30 bits per heavy atom. The molecule has 0 unspecified atom stereocenters. The number of rotatable bonds is 8. The maximum absolute atomic E-state index is 12.2. The van der Waals surface area contributed by atoms with Gasteiger partial charge in [0.05, 0.1) is 4.90 Å². The molecule has 0 saturated heterocycles. The summed E-state index contributed by atoms with van der Waals surface area (Å²) in [5.41, 5.74) is 0.799. The molecular weight excluding hydrogens is 296 g/mol. The topological polar surface area (TPSA) is 58.2 Å². The zero-order valence-electron chi connectivity index (χ0n) is 12.2. The molecule has 0 radical (unpaired) electrons. The molecule has 1 rings (SSSR count). The molecule has 0 aliphatic heterocycles. The van der Waals surface area contributed by atoms with Gasteiger partial charge in [-0.3, -0.25) is 0 Å². The van der Waals surface area contributed by atoms with Crippen LogP contribution in [0, 0.1) is 5.92 Å². The van der Waals surface area contributed by atoms with Crippen molar-refractivity contribution in [2.45, 2.75) is 38.6 Å². The first-order valence-corrected chi connectivity index (χ1v) is 8.71. The highest BCUT2D eigenvalue weighted by molar-refractivity contribution is 7.89. The second-order valence-electron chi connectivity index (χ2n) is 5.18. The van der Waals surface area contributed by atoms with E-state index in [9.17, 15) is 8.42 Å². The third-order valence-corrected chi connectivity index (χ3v) is 4.54. The minimum absolute atomic E-state index is 0.260. The Bertz CT molecular complexity index is 530. The molecule has 0 aliphatic rings. The summed E-state index contributed by atoms with van der Waals surface area (Å²) >= 11 is 6.10. The van der Waals surface area contributed by atoms with Crippen molar-refractivity contribution < 1.29 is 8.42 Å². The molecule has 2 N–H and O–H groups in total. The normalized spacial score (nSPS) is 12.1. The van der Waals surface area contributed by atoms with Crippen molar-refractivity contribution in [1.29, 1.82) is 0 Å². The molecule has 20 heavy (non-hydrogen) atoms. The van der Waals surface area contributed by atoms with Gasteiger partial charge in [-0.05, 0) is 42.6 Å². The number of halogens is 1. The number of benzene rings is 1. The van der Waals surface area contributed by atoms with Gasteiger partial charge in [0.1, 0.15) is 0 Å². The lowest BCUT2D eigenvalue weighted by molar-refractivity contribution is 0.560. The highest BCUT2D eigenvalue weighted by Gasteiger charge is 2.15. The maximum atomic E-state index is 12.2. The van der Waals surface area contributed by atoms with Crippen molar-refractivity contribution in [1.82, 2.24) is 10.0 Å². The Morgan fingerprint density at radius 3 is 2.60 bits per heavy atom. The largest absolute Gasteiger partial charge is 0.313 e. The van der Waals surface area contributed by atoms with Gasteiger partial charge in [0.15, 0.2) is 0 Å². The third kappa shape index (κ3) is 5.40. The fraction of sp³-hybridized carbons (Fsp3) is 0.571. The van der Waals surface area contributed by atoms with Crippen LogP contribution in [0.2, 0.25) is 5.02 Å². The van der Waals surface area contributed by atoms with Crippen LogP contribution in [0.4, 0.5) is 0 Å². The summed E-state index contributed by atoms with van der Waals surface area (Å²) in [5, 5.41) is 3.80. The molecule has 6 heteroatoms. The first kappa shape index (κ1) is 17.4. The SMILES string of the molecule is CCCNCc1cc(S(=O)(=O)NCC(C)C)ccc1Cl. The van der Waals surface area contributed by atoms with Gasteiger partial charge in [-0.2, -0.15) is 0 Å². The van der Waals surface area contributed by atoms with Crippen LogP contribution in [0.15, 0.2) is 23.1 Å². The van der Waals surface area contributed by atoms with E-state index in [0.29, 0.717) is 18.1 Å². The minimum Gasteiger partial charge on any atom is -0.313 e. The van der Waals surface area contributed by atoms with E-state index >= 15 is 0 Å². The van der Waals surface area contributed by atoms with Gasteiger partial charge in [0.25, 0.3) is 0 Å². The Morgan fingerprint density at radius 2 is 2.00 bits per heavy atom. The summed E-state index contributed by atoms with van der Waals surface area (Å²) in [6.07, 6.45) is 1.02. The van der Waals surface area contributed by atoms with Gasteiger partial charge < -0.3 is 5.32 Å². The number of hydrogen-bond donors (Lipinski definition) is 2. The van der Waals surface area contributed by atoms with Crippen LogP contribution >= 0.6 is 11.6 Å². The lowest BCUT2D eigenvalue weighted by atomic mass is 10.2. The number of sulfonamides is 1. The van der Waals surface area contributed by atoms with Crippen molar-refractivity contribution in [3.8, 4) is 0 Å². The fourth-order valence-corrected chi connectivity index (χ4v) is 3.06. The van der Waals surface area contributed by atoms with E-state index in [1.807, 2.05) is 13.8 Å². The molecule has 0 aliphatic carbocycles. The van der Waals surface area contributed by atoms with Crippen LogP contribution in [-0.2, 0) is 16.6 Å². The van der Waals surface area contributed by atoms with Crippen LogP contribution < -0.4 is 10.0 Å². The summed E-state index contributed by atoms with van der Waals surface area (Å²) in [6.45, 7) is 7.87. The van der Waals surface area contributed by atoms with Crippen LogP contribution in [0.25, 0.3) is 0 Å². The van der Waals surface area contributed by atoms with Gasteiger partial charge in [0, 0.05) is 18.1 Å². The molecule has 0 spiro atoms. The van der Waals surface area contributed by atoms with Crippen LogP contribution in [0.5, 0.6) is 0 Å². The Kier molecular flexibility index (Phi) is 6.95. The predicted molar refractivity (Wildman–Crippen MR) is 83.5 cm³/mol. The smallest absolute Gasteiger partial charge is 0.240 e. The zero-order valence-corrected chi connectivity index (χ0v) is 13.8. The summed E-state index contributed by atoms with van der Waals surface area (Å²) in [5.74, 6) is 0.266. The van der Waals surface area contributed by atoms with Gasteiger partial charge in [0.2, 0.25) is 10.0 Å². The Balaban J connectivity index is 2.87. The second-order valence-corrected chi connectivity index (χ2v) is 7.35. The van der Waals surface area contributed by atoms with Crippen molar-refractivity contribution in [3.05, 3.63) is 28.8 Å². The summed E-state index contributed by atoms with van der Waals surface area (Å²) in [7, 11) is -3.46. The molecule has 1 aromatic rings. The molecule has 0 amide bonds. The van der Waals surface area contributed by atoms with E-state index in [2.05, 4.69) is 17.0 Å². The van der Waals surface area contributed by atoms with Gasteiger partial charge in [-0.1, -0.05) is 32.4 Å². The average Bonchev–Trinajstić information content (AvgIpc) is 2.39. The molecule has 4 nitrogen and oxygen atoms in total. The van der Waals surface area contributed by atoms with E-state index in [0.717, 1.165) is 18.5 Å². The Hall–Kier alpha value is -0.620. The Labute approximate surface area is 127 Å². The van der Waals surface area contributed by atoms with Crippen LogP contribution in [0.3, 0.4) is 0 Å². The highest BCUT2D eigenvalue weighted by atomic mass is 35.5. The van der Waals surface area contributed by atoms with E-state index < -0.39 is 10.0 Å².